The lowest BCUT2D eigenvalue weighted by atomic mass is 9.91. The maximum Gasteiger partial charge on any atom is 0.243 e. The Labute approximate surface area is 187 Å². The van der Waals surface area contributed by atoms with Crippen molar-refractivity contribution >= 4 is 17.7 Å². The summed E-state index contributed by atoms with van der Waals surface area (Å²) < 4.78 is 0. The minimum absolute atomic E-state index is 0.164. The zero-order valence-corrected chi connectivity index (χ0v) is 18.6. The van der Waals surface area contributed by atoms with Gasteiger partial charge in [-0.3, -0.25) is 14.4 Å². The van der Waals surface area contributed by atoms with E-state index in [1.165, 1.54) is 11.8 Å². The molecule has 8 nitrogen and oxygen atoms in total. The number of benzene rings is 2. The van der Waals surface area contributed by atoms with Crippen LogP contribution in [0.1, 0.15) is 34.7 Å². The van der Waals surface area contributed by atoms with Gasteiger partial charge in [0.1, 0.15) is 17.8 Å². The molecule has 6 N–H and O–H groups in total. The van der Waals surface area contributed by atoms with E-state index in [1.807, 2.05) is 38.1 Å². The van der Waals surface area contributed by atoms with E-state index in [4.69, 9.17) is 11.5 Å². The number of primary amides is 1. The number of carbonyl (C=O) groups excluding carboxylic acids is 3. The molecule has 1 heterocycles. The van der Waals surface area contributed by atoms with Gasteiger partial charge < -0.3 is 26.8 Å². The molecule has 1 aliphatic rings. The highest BCUT2D eigenvalue weighted by atomic mass is 16.3. The zero-order chi connectivity index (χ0) is 23.6. The lowest BCUT2D eigenvalue weighted by Crippen LogP contribution is -2.58. The van der Waals surface area contributed by atoms with Crippen LogP contribution in [0.4, 0.5) is 0 Å². The van der Waals surface area contributed by atoms with E-state index in [-0.39, 0.29) is 24.6 Å². The van der Waals surface area contributed by atoms with Gasteiger partial charge in [-0.2, -0.15) is 0 Å². The first-order chi connectivity index (χ1) is 15.1. The topological polar surface area (TPSA) is 139 Å². The molecule has 0 fully saturated rings. The summed E-state index contributed by atoms with van der Waals surface area (Å²) in [4.78, 5) is 39.3. The van der Waals surface area contributed by atoms with Crippen LogP contribution in [-0.4, -0.2) is 45.9 Å². The molecule has 0 unspecified atom stereocenters. The number of rotatable bonds is 6. The first kappa shape index (κ1) is 23.3. The third-order valence-corrected chi connectivity index (χ3v) is 6.04. The van der Waals surface area contributed by atoms with Crippen molar-refractivity contribution in [2.45, 2.75) is 58.3 Å². The fourth-order valence-corrected chi connectivity index (χ4v) is 4.18. The van der Waals surface area contributed by atoms with E-state index < -0.39 is 29.9 Å². The molecular formula is C24H30N4O4. The van der Waals surface area contributed by atoms with E-state index in [2.05, 4.69) is 5.32 Å². The highest BCUT2D eigenvalue weighted by Gasteiger charge is 2.37. The Balaban J connectivity index is 1.87. The van der Waals surface area contributed by atoms with Gasteiger partial charge in [0, 0.05) is 13.0 Å². The van der Waals surface area contributed by atoms with E-state index in [0.717, 1.165) is 27.8 Å². The molecule has 0 saturated heterocycles. The molecule has 3 rings (SSSR count). The van der Waals surface area contributed by atoms with Crippen LogP contribution in [-0.2, 0) is 33.8 Å². The molecule has 1 aliphatic heterocycles. The smallest absolute Gasteiger partial charge is 0.243 e. The molecule has 0 aromatic heterocycles. The summed E-state index contributed by atoms with van der Waals surface area (Å²) in [6.07, 6.45) is 0.601. The normalized spacial score (nSPS) is 17.2. The minimum atomic E-state index is -0.869. The lowest BCUT2D eigenvalue weighted by Gasteiger charge is -2.37. The van der Waals surface area contributed by atoms with Gasteiger partial charge in [-0.15, -0.1) is 0 Å². The number of nitrogens with two attached hydrogens (primary N) is 2. The highest BCUT2D eigenvalue weighted by Crippen LogP contribution is 2.26. The Kier molecular flexibility index (Phi) is 6.84. The molecule has 0 saturated carbocycles. The molecule has 3 atom stereocenters. The fourth-order valence-electron chi connectivity index (χ4n) is 4.18. The number of phenolic OH excluding ortho intramolecular Hbond substituents is 1. The first-order valence-corrected chi connectivity index (χ1v) is 10.6. The summed E-state index contributed by atoms with van der Waals surface area (Å²) in [7, 11) is 0. The number of nitrogens with one attached hydrogen (secondary N) is 1. The largest absolute Gasteiger partial charge is 0.508 e. The second kappa shape index (κ2) is 9.40. The summed E-state index contributed by atoms with van der Waals surface area (Å²) in [5.74, 6) is -1.28. The third-order valence-electron chi connectivity index (χ3n) is 6.04. The molecule has 8 heteroatoms. The average molecular weight is 439 g/mol. The Morgan fingerprint density at radius 1 is 1.16 bits per heavy atom. The van der Waals surface area contributed by atoms with Crippen LogP contribution in [0.3, 0.4) is 0 Å². The van der Waals surface area contributed by atoms with Gasteiger partial charge in [-0.05, 0) is 67.1 Å². The van der Waals surface area contributed by atoms with Gasteiger partial charge in [0.25, 0.3) is 0 Å². The van der Waals surface area contributed by atoms with Gasteiger partial charge in [0.2, 0.25) is 17.7 Å². The van der Waals surface area contributed by atoms with Gasteiger partial charge in [-0.1, -0.05) is 24.3 Å². The van der Waals surface area contributed by atoms with Crippen molar-refractivity contribution in [3.63, 3.8) is 0 Å². The van der Waals surface area contributed by atoms with E-state index >= 15 is 0 Å². The molecule has 0 aliphatic carbocycles. The summed E-state index contributed by atoms with van der Waals surface area (Å²) >= 11 is 0. The molecular weight excluding hydrogens is 408 g/mol. The first-order valence-electron chi connectivity index (χ1n) is 10.6. The van der Waals surface area contributed by atoms with Crippen molar-refractivity contribution < 1.29 is 19.5 Å². The monoisotopic (exact) mass is 438 g/mol. The number of fused-ring (bicyclic) bond motifs is 1. The number of phenols is 1. The molecule has 2 aromatic rings. The van der Waals surface area contributed by atoms with Crippen molar-refractivity contribution in [1.82, 2.24) is 10.2 Å². The Bertz CT molecular complexity index is 1030. The number of nitrogens with zero attached hydrogens (tertiary/aromatic N) is 1. The highest BCUT2D eigenvalue weighted by molar-refractivity contribution is 5.93. The summed E-state index contributed by atoms with van der Waals surface area (Å²) in [5, 5.41) is 12.4. The molecule has 0 radical (unpaired) electrons. The van der Waals surface area contributed by atoms with Crippen LogP contribution in [0.5, 0.6) is 5.75 Å². The number of carbonyl (C=O) groups is 3. The van der Waals surface area contributed by atoms with Crippen LogP contribution < -0.4 is 16.8 Å². The second-order valence-electron chi connectivity index (χ2n) is 8.46. The number of amides is 3. The van der Waals surface area contributed by atoms with Gasteiger partial charge in [0.15, 0.2) is 0 Å². The van der Waals surface area contributed by atoms with Crippen molar-refractivity contribution in [2.24, 2.45) is 11.5 Å². The summed E-state index contributed by atoms with van der Waals surface area (Å²) in [5.41, 5.74) is 16.1. The van der Waals surface area contributed by atoms with Crippen LogP contribution in [0, 0.1) is 13.8 Å². The third kappa shape index (κ3) is 4.91. The van der Waals surface area contributed by atoms with E-state index in [1.54, 1.807) is 12.1 Å². The van der Waals surface area contributed by atoms with Gasteiger partial charge in [0.05, 0.1) is 6.04 Å². The van der Waals surface area contributed by atoms with Gasteiger partial charge >= 0.3 is 0 Å². The maximum atomic E-state index is 13.4. The van der Waals surface area contributed by atoms with Crippen molar-refractivity contribution in [2.75, 3.05) is 0 Å². The van der Waals surface area contributed by atoms with E-state index in [0.29, 0.717) is 6.42 Å². The Hall–Kier alpha value is -3.39. The van der Waals surface area contributed by atoms with Gasteiger partial charge in [-0.25, -0.2) is 0 Å². The van der Waals surface area contributed by atoms with Crippen LogP contribution >= 0.6 is 0 Å². The lowest BCUT2D eigenvalue weighted by molar-refractivity contribution is -0.143. The molecule has 3 amide bonds. The summed E-state index contributed by atoms with van der Waals surface area (Å²) in [6, 6.07) is 8.38. The zero-order valence-electron chi connectivity index (χ0n) is 18.6. The average Bonchev–Trinajstić information content (AvgIpc) is 2.74. The molecule has 170 valence electrons. The number of aromatic hydroxyl groups is 1. The van der Waals surface area contributed by atoms with Crippen LogP contribution in [0.25, 0.3) is 0 Å². The Morgan fingerprint density at radius 3 is 2.34 bits per heavy atom. The predicted octanol–water partition coefficient (Wildman–Crippen LogP) is 0.822. The SMILES string of the molecule is Cc1cc(O)cc(C)c1C[C@H](N)C(=O)N1Cc2ccccc2C[C@H]1C(=O)N[C@@H](C)C(N)=O. The van der Waals surface area contributed by atoms with Crippen LogP contribution in [0.15, 0.2) is 36.4 Å². The standard InChI is InChI=1S/C24H30N4O4/c1-13-8-18(29)9-14(2)19(13)11-20(25)24(32)28-12-17-7-5-4-6-16(17)10-21(28)23(31)27-15(3)22(26)30/h4-9,15,20-21,29H,10-12,25H2,1-3H3,(H2,26,30)(H,27,31)/t15-,20-,21-/m0/s1. The number of aryl methyl sites for hydroxylation is 2. The van der Waals surface area contributed by atoms with Crippen molar-refractivity contribution in [3.8, 4) is 5.75 Å². The van der Waals surface area contributed by atoms with Crippen molar-refractivity contribution in [1.29, 1.82) is 0 Å². The predicted molar refractivity (Wildman–Crippen MR) is 121 cm³/mol. The molecule has 32 heavy (non-hydrogen) atoms. The van der Waals surface area contributed by atoms with Crippen molar-refractivity contribution in [3.05, 3.63) is 64.2 Å². The molecule has 0 spiro atoms. The van der Waals surface area contributed by atoms with E-state index in [9.17, 15) is 19.5 Å². The molecule has 2 aromatic carbocycles. The number of hydrogen-bond donors (Lipinski definition) is 4. The quantitative estimate of drug-likeness (QED) is 0.529. The second-order valence-corrected chi connectivity index (χ2v) is 8.46. The number of hydrogen-bond acceptors (Lipinski definition) is 5. The van der Waals surface area contributed by atoms with Crippen LogP contribution in [0.2, 0.25) is 0 Å². The fraction of sp³-hybridized carbons (Fsp3) is 0.375. The molecule has 0 bridgehead atoms. The minimum Gasteiger partial charge on any atom is -0.508 e. The summed E-state index contributed by atoms with van der Waals surface area (Å²) in [6.45, 7) is 5.47. The Morgan fingerprint density at radius 2 is 1.75 bits per heavy atom. The maximum absolute atomic E-state index is 13.4.